The van der Waals surface area contributed by atoms with Crippen molar-refractivity contribution in [1.82, 2.24) is 9.21 Å². The molecule has 0 radical (unpaired) electrons. The summed E-state index contributed by atoms with van der Waals surface area (Å²) >= 11 is 0. The van der Waals surface area contributed by atoms with E-state index in [2.05, 4.69) is 0 Å². The van der Waals surface area contributed by atoms with E-state index in [9.17, 15) is 13.2 Å². The molecule has 2 aromatic carbocycles. The molecule has 2 saturated heterocycles. The topological polar surface area (TPSA) is 76.2 Å². The molecule has 2 fully saturated rings. The Morgan fingerprint density at radius 1 is 1.07 bits per heavy atom. The molecule has 8 heteroatoms. The van der Waals surface area contributed by atoms with Crippen LogP contribution in [0.5, 0.6) is 5.75 Å². The second-order valence-electron chi connectivity index (χ2n) is 7.71. The number of amides is 1. The maximum absolute atomic E-state index is 13.3. The predicted molar refractivity (Wildman–Crippen MR) is 112 cm³/mol. The minimum atomic E-state index is -3.67. The Morgan fingerprint density at radius 2 is 1.77 bits per heavy atom. The lowest BCUT2D eigenvalue weighted by Gasteiger charge is -2.42. The van der Waals surface area contributed by atoms with Crippen molar-refractivity contribution in [3.8, 4) is 5.75 Å². The van der Waals surface area contributed by atoms with Crippen LogP contribution in [0.25, 0.3) is 0 Å². The SMILES string of the molecule is COc1cccc(C(=O)N2CCC3(CC2)OCCN3S(=O)(=O)c2ccc(C)cc2)c1. The molecular weight excluding hydrogens is 404 g/mol. The van der Waals surface area contributed by atoms with E-state index < -0.39 is 15.7 Å². The second-order valence-corrected chi connectivity index (χ2v) is 9.57. The molecule has 1 amide bonds. The van der Waals surface area contributed by atoms with Crippen LogP contribution in [0.3, 0.4) is 0 Å². The Morgan fingerprint density at radius 3 is 2.43 bits per heavy atom. The summed E-state index contributed by atoms with van der Waals surface area (Å²) in [6.45, 7) is 3.45. The molecule has 0 aromatic heterocycles. The number of hydrogen-bond donors (Lipinski definition) is 0. The van der Waals surface area contributed by atoms with E-state index in [0.29, 0.717) is 50.4 Å². The average molecular weight is 431 g/mol. The molecule has 4 rings (SSSR count). The molecule has 0 unspecified atom stereocenters. The predicted octanol–water partition coefficient (Wildman–Crippen LogP) is 2.66. The maximum atomic E-state index is 13.3. The molecule has 0 atom stereocenters. The lowest BCUT2D eigenvalue weighted by atomic mass is 10.00. The Labute approximate surface area is 177 Å². The first-order valence-electron chi connectivity index (χ1n) is 10.0. The van der Waals surface area contributed by atoms with Crippen molar-refractivity contribution in [2.24, 2.45) is 0 Å². The summed E-state index contributed by atoms with van der Waals surface area (Å²) in [5.74, 6) is 0.540. The van der Waals surface area contributed by atoms with Crippen molar-refractivity contribution >= 4 is 15.9 Å². The van der Waals surface area contributed by atoms with Gasteiger partial charge >= 0.3 is 0 Å². The van der Waals surface area contributed by atoms with Crippen LogP contribution in [-0.4, -0.2) is 62.6 Å². The largest absolute Gasteiger partial charge is 0.497 e. The summed E-state index contributed by atoms with van der Waals surface area (Å²) in [5.41, 5.74) is 0.669. The third kappa shape index (κ3) is 3.71. The van der Waals surface area contributed by atoms with Gasteiger partial charge in [-0.1, -0.05) is 23.8 Å². The van der Waals surface area contributed by atoms with E-state index >= 15 is 0 Å². The van der Waals surface area contributed by atoms with Gasteiger partial charge in [-0.2, -0.15) is 4.31 Å². The molecule has 7 nitrogen and oxygen atoms in total. The maximum Gasteiger partial charge on any atom is 0.253 e. The third-order valence-electron chi connectivity index (χ3n) is 5.88. The molecule has 2 heterocycles. The summed E-state index contributed by atoms with van der Waals surface area (Å²) in [6, 6.07) is 13.9. The number of sulfonamides is 1. The Bertz CT molecular complexity index is 1030. The molecular formula is C22H26N2O5S. The zero-order valence-electron chi connectivity index (χ0n) is 17.2. The summed E-state index contributed by atoms with van der Waals surface area (Å²) in [7, 11) is -2.11. The first-order valence-corrected chi connectivity index (χ1v) is 11.5. The number of piperidine rings is 1. The fourth-order valence-corrected chi connectivity index (χ4v) is 5.89. The number of methoxy groups -OCH3 is 1. The van der Waals surface area contributed by atoms with Gasteiger partial charge < -0.3 is 14.4 Å². The number of likely N-dealkylation sites (tertiary alicyclic amines) is 1. The highest BCUT2D eigenvalue weighted by Gasteiger charge is 2.51. The minimum Gasteiger partial charge on any atom is -0.497 e. The molecule has 2 aliphatic rings. The van der Waals surface area contributed by atoms with E-state index in [1.165, 1.54) is 4.31 Å². The first kappa shape index (κ1) is 20.8. The summed E-state index contributed by atoms with van der Waals surface area (Å²) in [5, 5.41) is 0. The highest BCUT2D eigenvalue weighted by molar-refractivity contribution is 7.89. The molecule has 0 bridgehead atoms. The van der Waals surface area contributed by atoms with Gasteiger partial charge in [-0.05, 0) is 37.3 Å². The van der Waals surface area contributed by atoms with Crippen LogP contribution in [-0.2, 0) is 14.8 Å². The van der Waals surface area contributed by atoms with Crippen molar-refractivity contribution in [3.05, 3.63) is 59.7 Å². The molecule has 30 heavy (non-hydrogen) atoms. The molecule has 160 valence electrons. The zero-order valence-corrected chi connectivity index (χ0v) is 18.0. The smallest absolute Gasteiger partial charge is 0.253 e. The summed E-state index contributed by atoms with van der Waals surface area (Å²) in [6.07, 6.45) is 0.877. The second kappa shape index (κ2) is 8.02. The van der Waals surface area contributed by atoms with Crippen LogP contribution in [0.2, 0.25) is 0 Å². The number of benzene rings is 2. The zero-order chi connectivity index (χ0) is 21.4. The third-order valence-corrected chi connectivity index (χ3v) is 7.84. The van der Waals surface area contributed by atoms with Gasteiger partial charge in [0.2, 0.25) is 10.0 Å². The van der Waals surface area contributed by atoms with Crippen molar-refractivity contribution in [1.29, 1.82) is 0 Å². The van der Waals surface area contributed by atoms with Gasteiger partial charge in [-0.25, -0.2) is 8.42 Å². The fraction of sp³-hybridized carbons (Fsp3) is 0.409. The first-order chi connectivity index (χ1) is 14.4. The van der Waals surface area contributed by atoms with Gasteiger partial charge in [-0.3, -0.25) is 4.79 Å². The van der Waals surface area contributed by atoms with Crippen molar-refractivity contribution in [3.63, 3.8) is 0 Å². The van der Waals surface area contributed by atoms with E-state index in [4.69, 9.17) is 9.47 Å². The molecule has 0 N–H and O–H groups in total. The van der Waals surface area contributed by atoms with Crippen molar-refractivity contribution < 1.29 is 22.7 Å². The number of hydrogen-bond acceptors (Lipinski definition) is 5. The Kier molecular flexibility index (Phi) is 5.57. The van der Waals surface area contributed by atoms with Gasteiger partial charge in [-0.15, -0.1) is 0 Å². The number of aryl methyl sites for hydroxylation is 1. The Balaban J connectivity index is 1.51. The van der Waals surface area contributed by atoms with Gasteiger partial charge in [0.15, 0.2) is 0 Å². The molecule has 1 spiro atoms. The number of nitrogens with zero attached hydrogens (tertiary/aromatic N) is 2. The summed E-state index contributed by atoms with van der Waals surface area (Å²) < 4.78 is 39.2. The molecule has 0 aliphatic carbocycles. The molecule has 2 aliphatic heterocycles. The number of ether oxygens (including phenoxy) is 2. The number of rotatable bonds is 4. The van der Waals surface area contributed by atoms with Crippen molar-refractivity contribution in [2.75, 3.05) is 33.4 Å². The van der Waals surface area contributed by atoms with Gasteiger partial charge in [0.1, 0.15) is 11.5 Å². The lowest BCUT2D eigenvalue weighted by Crippen LogP contribution is -2.55. The van der Waals surface area contributed by atoms with Crippen LogP contribution in [0.15, 0.2) is 53.4 Å². The van der Waals surface area contributed by atoms with Crippen LogP contribution in [0.1, 0.15) is 28.8 Å². The monoisotopic (exact) mass is 430 g/mol. The van der Waals surface area contributed by atoms with Crippen LogP contribution in [0.4, 0.5) is 0 Å². The van der Waals surface area contributed by atoms with Gasteiger partial charge in [0, 0.05) is 38.0 Å². The van der Waals surface area contributed by atoms with Gasteiger partial charge in [0.25, 0.3) is 5.91 Å². The quantitative estimate of drug-likeness (QED) is 0.745. The van der Waals surface area contributed by atoms with Crippen molar-refractivity contribution in [2.45, 2.75) is 30.4 Å². The minimum absolute atomic E-state index is 0.0883. The Hall–Kier alpha value is -2.42. The highest BCUT2D eigenvalue weighted by Crippen LogP contribution is 2.38. The van der Waals surface area contributed by atoms with E-state index in [1.807, 2.05) is 6.92 Å². The summed E-state index contributed by atoms with van der Waals surface area (Å²) in [4.78, 5) is 14.9. The highest BCUT2D eigenvalue weighted by atomic mass is 32.2. The average Bonchev–Trinajstić information content (AvgIpc) is 3.18. The standard InChI is InChI=1S/C22H26N2O5S/c1-17-6-8-20(9-7-17)30(26,27)24-14-15-29-22(24)10-12-23(13-11-22)21(25)18-4-3-5-19(16-18)28-2/h3-9,16H,10-15H2,1-2H3. The lowest BCUT2D eigenvalue weighted by molar-refractivity contribution is -0.0857. The molecule has 2 aromatic rings. The number of carbonyl (C=O) groups is 1. The van der Waals surface area contributed by atoms with E-state index in [1.54, 1.807) is 60.5 Å². The fourth-order valence-electron chi connectivity index (χ4n) is 4.16. The van der Waals surface area contributed by atoms with E-state index in [0.717, 1.165) is 5.56 Å². The van der Waals surface area contributed by atoms with Crippen LogP contribution in [0, 0.1) is 6.92 Å². The van der Waals surface area contributed by atoms with E-state index in [-0.39, 0.29) is 10.8 Å². The normalized spacial score (nSPS) is 19.2. The van der Waals surface area contributed by atoms with Gasteiger partial charge in [0.05, 0.1) is 18.6 Å². The molecule has 0 saturated carbocycles. The van der Waals surface area contributed by atoms with Crippen LogP contribution < -0.4 is 4.74 Å². The number of carbonyl (C=O) groups excluding carboxylic acids is 1. The van der Waals surface area contributed by atoms with Crippen LogP contribution >= 0.6 is 0 Å².